The van der Waals surface area contributed by atoms with Crippen molar-refractivity contribution in [3.8, 4) is 0 Å². The zero-order valence-corrected chi connectivity index (χ0v) is 12.2. The van der Waals surface area contributed by atoms with Gasteiger partial charge in [0.15, 0.2) is 5.60 Å². The van der Waals surface area contributed by atoms with Gasteiger partial charge in [-0.25, -0.2) is 0 Å². The lowest BCUT2D eigenvalue weighted by molar-refractivity contribution is -0.178. The van der Waals surface area contributed by atoms with Gasteiger partial charge in [0, 0.05) is 0 Å². The topological polar surface area (TPSA) is 52.6 Å². The number of carbonyl (C=O) groups is 2. The lowest BCUT2D eigenvalue weighted by atomic mass is 9.85. The van der Waals surface area contributed by atoms with Crippen LogP contribution in [-0.4, -0.2) is 23.6 Å². The maximum absolute atomic E-state index is 12.2. The predicted molar refractivity (Wildman–Crippen MR) is 67.9 cm³/mol. The summed E-state index contributed by atoms with van der Waals surface area (Å²) in [6, 6.07) is 0. The van der Waals surface area contributed by atoms with Gasteiger partial charge >= 0.3 is 11.9 Å². The van der Waals surface area contributed by atoms with E-state index in [1.165, 1.54) is 0 Å². The zero-order chi connectivity index (χ0) is 14.1. The second-order valence-electron chi connectivity index (χ2n) is 5.87. The molecule has 4 heteroatoms. The van der Waals surface area contributed by atoms with Crippen molar-refractivity contribution in [3.05, 3.63) is 0 Å². The number of ether oxygens (including phenoxy) is 2. The Balaban J connectivity index is 2.93. The fourth-order valence-corrected chi connectivity index (χ4v) is 2.00. The molecule has 0 aliphatic carbocycles. The van der Waals surface area contributed by atoms with Crippen LogP contribution in [0.1, 0.15) is 54.4 Å². The molecule has 0 aromatic rings. The van der Waals surface area contributed by atoms with Gasteiger partial charge in [-0.1, -0.05) is 13.8 Å². The Labute approximate surface area is 109 Å². The SMILES string of the molecule is CCC1OC(=O)C(C)C1(C)OC(=O)C(C)(C)CC. The highest BCUT2D eigenvalue weighted by molar-refractivity contribution is 5.80. The summed E-state index contributed by atoms with van der Waals surface area (Å²) in [5, 5.41) is 0. The number of rotatable bonds is 4. The summed E-state index contributed by atoms with van der Waals surface area (Å²) < 4.78 is 10.9. The standard InChI is InChI=1S/C14H24O4/c1-7-10-14(6,9(3)11(15)17-10)18-12(16)13(4,5)8-2/h9-10H,7-8H2,1-6H3. The van der Waals surface area contributed by atoms with Crippen molar-refractivity contribution >= 4 is 11.9 Å². The van der Waals surface area contributed by atoms with E-state index < -0.39 is 16.9 Å². The molecule has 104 valence electrons. The molecular weight excluding hydrogens is 232 g/mol. The Morgan fingerprint density at radius 3 is 2.44 bits per heavy atom. The van der Waals surface area contributed by atoms with E-state index in [1.54, 1.807) is 13.8 Å². The molecule has 4 nitrogen and oxygen atoms in total. The van der Waals surface area contributed by atoms with E-state index in [4.69, 9.17) is 9.47 Å². The van der Waals surface area contributed by atoms with E-state index in [0.717, 1.165) is 0 Å². The summed E-state index contributed by atoms with van der Waals surface area (Å²) >= 11 is 0. The molecule has 18 heavy (non-hydrogen) atoms. The van der Waals surface area contributed by atoms with Gasteiger partial charge in [-0.15, -0.1) is 0 Å². The number of esters is 2. The quantitative estimate of drug-likeness (QED) is 0.726. The van der Waals surface area contributed by atoms with Crippen LogP contribution in [0.15, 0.2) is 0 Å². The Morgan fingerprint density at radius 1 is 1.44 bits per heavy atom. The van der Waals surface area contributed by atoms with Gasteiger partial charge in [0.25, 0.3) is 0 Å². The fraction of sp³-hybridized carbons (Fsp3) is 0.857. The smallest absolute Gasteiger partial charge is 0.313 e. The maximum Gasteiger partial charge on any atom is 0.313 e. The molecule has 1 saturated heterocycles. The van der Waals surface area contributed by atoms with Crippen LogP contribution in [0.25, 0.3) is 0 Å². The first-order valence-electron chi connectivity index (χ1n) is 6.63. The fourth-order valence-electron chi connectivity index (χ4n) is 2.00. The van der Waals surface area contributed by atoms with Crippen LogP contribution in [0.3, 0.4) is 0 Å². The third-order valence-electron chi connectivity index (χ3n) is 4.23. The Bertz CT molecular complexity index is 348. The van der Waals surface area contributed by atoms with Crippen LogP contribution in [-0.2, 0) is 19.1 Å². The second kappa shape index (κ2) is 4.90. The lowest BCUT2D eigenvalue weighted by Gasteiger charge is -2.34. The van der Waals surface area contributed by atoms with Crippen LogP contribution in [0.4, 0.5) is 0 Å². The zero-order valence-electron chi connectivity index (χ0n) is 12.2. The summed E-state index contributed by atoms with van der Waals surface area (Å²) in [4.78, 5) is 23.8. The van der Waals surface area contributed by atoms with Gasteiger partial charge in [-0.2, -0.15) is 0 Å². The molecule has 0 aromatic heterocycles. The van der Waals surface area contributed by atoms with E-state index in [2.05, 4.69) is 0 Å². The molecule has 0 aromatic carbocycles. The van der Waals surface area contributed by atoms with Crippen molar-refractivity contribution in [1.82, 2.24) is 0 Å². The van der Waals surface area contributed by atoms with E-state index in [9.17, 15) is 9.59 Å². The van der Waals surface area contributed by atoms with Crippen molar-refractivity contribution in [1.29, 1.82) is 0 Å². The largest absolute Gasteiger partial charge is 0.458 e. The minimum Gasteiger partial charge on any atom is -0.458 e. The number of hydrogen-bond acceptors (Lipinski definition) is 4. The average molecular weight is 256 g/mol. The summed E-state index contributed by atoms with van der Waals surface area (Å²) in [5.41, 5.74) is -1.39. The van der Waals surface area contributed by atoms with Gasteiger partial charge in [0.1, 0.15) is 6.10 Å². The van der Waals surface area contributed by atoms with E-state index in [1.807, 2.05) is 27.7 Å². The van der Waals surface area contributed by atoms with Crippen molar-refractivity contribution in [2.45, 2.75) is 66.1 Å². The molecule has 0 radical (unpaired) electrons. The molecule has 3 unspecified atom stereocenters. The Morgan fingerprint density at radius 2 is 2.00 bits per heavy atom. The molecule has 0 bridgehead atoms. The molecule has 1 aliphatic heterocycles. The van der Waals surface area contributed by atoms with Gasteiger partial charge in [0.2, 0.25) is 0 Å². The van der Waals surface area contributed by atoms with E-state index >= 15 is 0 Å². The predicted octanol–water partition coefficient (Wildman–Crippen LogP) is 2.70. The van der Waals surface area contributed by atoms with Gasteiger partial charge in [0.05, 0.1) is 11.3 Å². The monoisotopic (exact) mass is 256 g/mol. The van der Waals surface area contributed by atoms with Crippen LogP contribution in [0.2, 0.25) is 0 Å². The first kappa shape index (κ1) is 15.0. The molecular formula is C14H24O4. The summed E-state index contributed by atoms with van der Waals surface area (Å²) in [6.45, 7) is 11.1. The number of carbonyl (C=O) groups excluding carboxylic acids is 2. The molecule has 0 amide bonds. The van der Waals surface area contributed by atoms with E-state index in [0.29, 0.717) is 12.8 Å². The Hall–Kier alpha value is -1.06. The summed E-state index contributed by atoms with van der Waals surface area (Å²) in [6.07, 6.45) is 0.991. The van der Waals surface area contributed by atoms with Gasteiger partial charge < -0.3 is 9.47 Å². The van der Waals surface area contributed by atoms with Crippen LogP contribution >= 0.6 is 0 Å². The maximum atomic E-state index is 12.2. The minimum absolute atomic E-state index is 0.267. The summed E-state index contributed by atoms with van der Waals surface area (Å²) in [5.74, 6) is -0.971. The Kier molecular flexibility index (Phi) is 4.08. The first-order chi connectivity index (χ1) is 8.19. The van der Waals surface area contributed by atoms with Crippen LogP contribution in [0, 0.1) is 11.3 Å². The number of cyclic esters (lactones) is 1. The second-order valence-corrected chi connectivity index (χ2v) is 5.87. The highest BCUT2D eigenvalue weighted by Gasteiger charge is 2.55. The van der Waals surface area contributed by atoms with Crippen LogP contribution in [0.5, 0.6) is 0 Å². The highest BCUT2D eigenvalue weighted by atomic mass is 16.6. The first-order valence-corrected chi connectivity index (χ1v) is 6.63. The third kappa shape index (κ3) is 2.38. The summed E-state index contributed by atoms with van der Waals surface area (Å²) in [7, 11) is 0. The average Bonchev–Trinajstić information content (AvgIpc) is 2.53. The minimum atomic E-state index is -0.852. The number of hydrogen-bond donors (Lipinski definition) is 0. The van der Waals surface area contributed by atoms with E-state index in [-0.39, 0.29) is 18.0 Å². The highest BCUT2D eigenvalue weighted by Crippen LogP contribution is 2.39. The van der Waals surface area contributed by atoms with Gasteiger partial charge in [-0.3, -0.25) is 9.59 Å². The third-order valence-corrected chi connectivity index (χ3v) is 4.23. The molecule has 0 N–H and O–H groups in total. The van der Waals surface area contributed by atoms with Crippen LogP contribution < -0.4 is 0 Å². The van der Waals surface area contributed by atoms with Crippen molar-refractivity contribution in [3.63, 3.8) is 0 Å². The van der Waals surface area contributed by atoms with Crippen molar-refractivity contribution < 1.29 is 19.1 Å². The molecule has 1 fully saturated rings. The lowest BCUT2D eigenvalue weighted by Crippen LogP contribution is -2.47. The molecule has 1 rings (SSSR count). The molecule has 0 spiro atoms. The molecule has 0 saturated carbocycles. The van der Waals surface area contributed by atoms with Gasteiger partial charge in [-0.05, 0) is 40.5 Å². The van der Waals surface area contributed by atoms with Crippen molar-refractivity contribution in [2.75, 3.05) is 0 Å². The molecule has 3 atom stereocenters. The molecule has 1 heterocycles. The van der Waals surface area contributed by atoms with Crippen molar-refractivity contribution in [2.24, 2.45) is 11.3 Å². The molecule has 1 aliphatic rings. The normalized spacial score (nSPS) is 32.2.